The van der Waals surface area contributed by atoms with Crippen molar-refractivity contribution < 1.29 is 24.2 Å². The summed E-state index contributed by atoms with van der Waals surface area (Å²) in [7, 11) is 0. The monoisotopic (exact) mass is 276 g/mol. The Kier molecular flexibility index (Phi) is 6.16. The number of hydrogen-bond acceptors (Lipinski definition) is 4. The maximum atomic E-state index is 11.9. The quantitative estimate of drug-likeness (QED) is 0.468. The third-order valence-corrected chi connectivity index (χ3v) is 2.63. The highest BCUT2D eigenvalue weighted by Gasteiger charge is 2.14. The fourth-order valence-corrected chi connectivity index (χ4v) is 1.80. The van der Waals surface area contributed by atoms with E-state index in [2.05, 4.69) is 0 Å². The van der Waals surface area contributed by atoms with Gasteiger partial charge in [0.25, 0.3) is 0 Å². The van der Waals surface area contributed by atoms with Crippen LogP contribution >= 0.6 is 0 Å². The summed E-state index contributed by atoms with van der Waals surface area (Å²) < 4.78 is 4.96. The molecule has 20 heavy (non-hydrogen) atoms. The van der Waals surface area contributed by atoms with Crippen LogP contribution in [-0.2, 0) is 20.7 Å². The van der Waals surface area contributed by atoms with Gasteiger partial charge in [-0.25, -0.2) is 9.59 Å². The van der Waals surface area contributed by atoms with Crippen molar-refractivity contribution in [2.75, 3.05) is 6.61 Å². The molecule has 0 aliphatic carbocycles. The van der Waals surface area contributed by atoms with Crippen molar-refractivity contribution in [3.63, 3.8) is 0 Å². The number of rotatable bonds is 7. The first-order valence-electron chi connectivity index (χ1n) is 6.23. The van der Waals surface area contributed by atoms with E-state index in [4.69, 9.17) is 9.84 Å². The van der Waals surface area contributed by atoms with Gasteiger partial charge < -0.3 is 14.6 Å². The van der Waals surface area contributed by atoms with Crippen molar-refractivity contribution in [2.45, 2.75) is 19.8 Å². The van der Waals surface area contributed by atoms with Gasteiger partial charge >= 0.3 is 11.9 Å². The molecule has 1 aromatic rings. The van der Waals surface area contributed by atoms with Crippen molar-refractivity contribution in [2.24, 2.45) is 0 Å². The van der Waals surface area contributed by atoms with Gasteiger partial charge in [0.2, 0.25) is 0 Å². The Morgan fingerprint density at radius 3 is 2.70 bits per heavy atom. The average molecular weight is 276 g/mol. The first-order valence-corrected chi connectivity index (χ1v) is 6.23. The van der Waals surface area contributed by atoms with E-state index in [1.807, 2.05) is 0 Å². The molecule has 0 unspecified atom stereocenters. The minimum absolute atomic E-state index is 0.251. The second-order valence-electron chi connectivity index (χ2n) is 3.97. The van der Waals surface area contributed by atoms with Crippen LogP contribution in [0.15, 0.2) is 24.3 Å². The molecule has 1 aromatic carbocycles. The van der Waals surface area contributed by atoms with Crippen LogP contribution in [0, 0.1) is 0 Å². The van der Waals surface area contributed by atoms with Gasteiger partial charge in [-0.2, -0.15) is 0 Å². The minimum Gasteiger partial charge on any atom is -0.478 e. The van der Waals surface area contributed by atoms with Gasteiger partial charge in [0.15, 0.2) is 0 Å². The Hall–Kier alpha value is -2.43. The molecule has 0 aromatic heterocycles. The Morgan fingerprint density at radius 2 is 2.10 bits per heavy atom. The summed E-state index contributed by atoms with van der Waals surface area (Å²) in [5, 5.41) is 8.67. The van der Waals surface area contributed by atoms with Gasteiger partial charge in [-0.1, -0.05) is 12.1 Å². The standard InChI is InChI=1S/C15H16O5/c1-2-20-15(19)13-6-3-5-11(8-9-14(17)18)12(13)7-4-10-16/h3,5-6,8-10H,2,4,7H2,1H3,(H,17,18)/b9-8+. The summed E-state index contributed by atoms with van der Waals surface area (Å²) in [5.74, 6) is -1.55. The van der Waals surface area contributed by atoms with E-state index in [1.54, 1.807) is 25.1 Å². The number of esters is 1. The summed E-state index contributed by atoms with van der Waals surface area (Å²) in [6.45, 7) is 1.96. The lowest BCUT2D eigenvalue weighted by Crippen LogP contribution is -2.09. The zero-order chi connectivity index (χ0) is 15.0. The molecule has 106 valence electrons. The van der Waals surface area contributed by atoms with E-state index in [1.165, 1.54) is 6.08 Å². The van der Waals surface area contributed by atoms with Crippen molar-refractivity contribution in [3.8, 4) is 0 Å². The number of carbonyl (C=O) groups excluding carboxylic acids is 2. The molecule has 0 atom stereocenters. The Bertz CT molecular complexity index is 531. The SMILES string of the molecule is CCOC(=O)c1cccc(/C=C/C(=O)O)c1CCC=O. The summed E-state index contributed by atoms with van der Waals surface area (Å²) in [6, 6.07) is 4.96. The molecule has 0 bridgehead atoms. The Balaban J connectivity index is 3.21. The highest BCUT2D eigenvalue weighted by atomic mass is 16.5. The Labute approximate surface area is 116 Å². The molecule has 0 amide bonds. The van der Waals surface area contributed by atoms with Crippen molar-refractivity contribution in [3.05, 3.63) is 41.0 Å². The summed E-state index contributed by atoms with van der Waals surface area (Å²) >= 11 is 0. The fourth-order valence-electron chi connectivity index (χ4n) is 1.80. The molecule has 0 saturated heterocycles. The van der Waals surface area contributed by atoms with E-state index in [0.717, 1.165) is 12.4 Å². The van der Waals surface area contributed by atoms with Crippen LogP contribution in [0.5, 0.6) is 0 Å². The van der Waals surface area contributed by atoms with Gasteiger partial charge in [-0.3, -0.25) is 0 Å². The number of carbonyl (C=O) groups is 3. The number of hydrogen-bond donors (Lipinski definition) is 1. The zero-order valence-corrected chi connectivity index (χ0v) is 11.2. The highest BCUT2D eigenvalue weighted by molar-refractivity contribution is 5.93. The molecular weight excluding hydrogens is 260 g/mol. The molecule has 1 rings (SSSR count). The smallest absolute Gasteiger partial charge is 0.338 e. The van der Waals surface area contributed by atoms with E-state index in [0.29, 0.717) is 23.1 Å². The predicted octanol–water partition coefficient (Wildman–Crippen LogP) is 2.09. The Morgan fingerprint density at radius 1 is 1.35 bits per heavy atom. The second-order valence-corrected chi connectivity index (χ2v) is 3.97. The summed E-state index contributed by atoms with van der Waals surface area (Å²) in [5.41, 5.74) is 1.58. The molecule has 0 aliphatic heterocycles. The van der Waals surface area contributed by atoms with Gasteiger partial charge in [-0.15, -0.1) is 0 Å². The normalized spacial score (nSPS) is 10.4. The van der Waals surface area contributed by atoms with Crippen LogP contribution < -0.4 is 0 Å². The van der Waals surface area contributed by atoms with Crippen LogP contribution in [0.4, 0.5) is 0 Å². The maximum absolute atomic E-state index is 11.9. The van der Waals surface area contributed by atoms with Crippen LogP contribution in [0.3, 0.4) is 0 Å². The summed E-state index contributed by atoms with van der Waals surface area (Å²) in [4.78, 5) is 33.0. The first kappa shape index (κ1) is 15.6. The van der Waals surface area contributed by atoms with Crippen LogP contribution in [-0.4, -0.2) is 29.9 Å². The largest absolute Gasteiger partial charge is 0.478 e. The van der Waals surface area contributed by atoms with E-state index in [-0.39, 0.29) is 13.0 Å². The van der Waals surface area contributed by atoms with Crippen molar-refractivity contribution in [1.82, 2.24) is 0 Å². The number of aliphatic carboxylic acids is 1. The molecule has 1 N–H and O–H groups in total. The van der Waals surface area contributed by atoms with E-state index in [9.17, 15) is 14.4 Å². The molecule has 0 saturated carbocycles. The zero-order valence-electron chi connectivity index (χ0n) is 11.2. The predicted molar refractivity (Wildman–Crippen MR) is 73.5 cm³/mol. The topological polar surface area (TPSA) is 80.7 Å². The molecular formula is C15H16O5. The lowest BCUT2D eigenvalue weighted by Gasteiger charge is -2.11. The molecule has 0 aliphatic rings. The number of ether oxygens (including phenoxy) is 1. The van der Waals surface area contributed by atoms with Crippen LogP contribution in [0.25, 0.3) is 6.08 Å². The van der Waals surface area contributed by atoms with Gasteiger partial charge in [0, 0.05) is 12.5 Å². The lowest BCUT2D eigenvalue weighted by molar-refractivity contribution is -0.131. The molecule has 0 fully saturated rings. The van der Waals surface area contributed by atoms with E-state index >= 15 is 0 Å². The summed E-state index contributed by atoms with van der Waals surface area (Å²) in [6.07, 6.45) is 3.77. The maximum Gasteiger partial charge on any atom is 0.338 e. The van der Waals surface area contributed by atoms with Gasteiger partial charge in [-0.05, 0) is 36.6 Å². The van der Waals surface area contributed by atoms with Gasteiger partial charge in [0.05, 0.1) is 12.2 Å². The molecule has 0 heterocycles. The van der Waals surface area contributed by atoms with E-state index < -0.39 is 11.9 Å². The number of carboxylic acid groups (broad SMARTS) is 1. The second kappa shape index (κ2) is 7.89. The van der Waals surface area contributed by atoms with Gasteiger partial charge in [0.1, 0.15) is 6.29 Å². The fraction of sp³-hybridized carbons (Fsp3) is 0.267. The van der Waals surface area contributed by atoms with Crippen LogP contribution in [0.1, 0.15) is 34.8 Å². The first-order chi connectivity index (χ1) is 9.60. The third-order valence-electron chi connectivity index (χ3n) is 2.63. The van der Waals surface area contributed by atoms with Crippen LogP contribution in [0.2, 0.25) is 0 Å². The number of aldehydes is 1. The molecule has 5 heteroatoms. The lowest BCUT2D eigenvalue weighted by atomic mass is 9.96. The van der Waals surface area contributed by atoms with Crippen molar-refractivity contribution in [1.29, 1.82) is 0 Å². The average Bonchev–Trinajstić information content (AvgIpc) is 2.43. The molecule has 0 radical (unpaired) electrons. The highest BCUT2D eigenvalue weighted by Crippen LogP contribution is 2.19. The number of carboxylic acids is 1. The molecule has 5 nitrogen and oxygen atoms in total. The number of benzene rings is 1. The minimum atomic E-state index is -1.08. The molecule has 0 spiro atoms. The third kappa shape index (κ3) is 4.35. The van der Waals surface area contributed by atoms with Crippen molar-refractivity contribution >= 4 is 24.3 Å².